The summed E-state index contributed by atoms with van der Waals surface area (Å²) in [4.78, 5) is 11.6. The predicted molar refractivity (Wildman–Crippen MR) is 113 cm³/mol. The molecule has 2 aromatic rings. The third-order valence-electron chi connectivity index (χ3n) is 3.47. The average molecular weight is 520 g/mol. The van der Waals surface area contributed by atoms with Gasteiger partial charge in [-0.2, -0.15) is 21.6 Å². The number of hydrogen-bond donors (Lipinski definition) is 3. The SMILES string of the molecule is CCNCC.NS(=O)(=O)NC(=O)c1cc(Cl)c(Oc2ccc(Cl)c(C(F)(F)F)c2)cc1F. The van der Waals surface area contributed by atoms with Crippen molar-refractivity contribution in [3.05, 3.63) is 57.3 Å². The molecule has 0 saturated heterocycles. The fourth-order valence-electron chi connectivity index (χ4n) is 2.13. The largest absolute Gasteiger partial charge is 0.456 e. The van der Waals surface area contributed by atoms with Crippen LogP contribution >= 0.6 is 23.2 Å². The quantitative estimate of drug-likeness (QED) is 0.487. The van der Waals surface area contributed by atoms with Gasteiger partial charge in [-0.3, -0.25) is 4.79 Å². The third-order valence-corrected chi connectivity index (χ3v) is 4.57. The van der Waals surface area contributed by atoms with Crippen LogP contribution in [0.4, 0.5) is 17.6 Å². The molecule has 0 spiro atoms. The fraction of sp³-hybridized carbons (Fsp3) is 0.278. The molecule has 0 aliphatic carbocycles. The van der Waals surface area contributed by atoms with E-state index in [4.69, 9.17) is 27.9 Å². The number of hydrogen-bond acceptors (Lipinski definition) is 5. The van der Waals surface area contributed by atoms with Crippen LogP contribution in [0.3, 0.4) is 0 Å². The van der Waals surface area contributed by atoms with Crippen molar-refractivity contribution in [2.75, 3.05) is 13.1 Å². The van der Waals surface area contributed by atoms with E-state index in [9.17, 15) is 30.8 Å². The maximum Gasteiger partial charge on any atom is 0.417 e. The fourth-order valence-corrected chi connectivity index (χ4v) is 2.92. The van der Waals surface area contributed by atoms with Gasteiger partial charge in [0.1, 0.15) is 17.3 Å². The van der Waals surface area contributed by atoms with Crippen LogP contribution in [0.15, 0.2) is 30.3 Å². The second kappa shape index (κ2) is 11.7. The first-order chi connectivity index (χ1) is 14.7. The zero-order chi connectivity index (χ0) is 24.7. The maximum absolute atomic E-state index is 14.1. The van der Waals surface area contributed by atoms with Gasteiger partial charge in [0, 0.05) is 6.07 Å². The number of nitrogens with one attached hydrogen (secondary N) is 2. The normalized spacial score (nSPS) is 11.4. The Kier molecular flexibility index (Phi) is 10.2. The van der Waals surface area contributed by atoms with Crippen LogP contribution in [-0.2, 0) is 16.4 Å². The highest BCUT2D eigenvalue weighted by Gasteiger charge is 2.33. The van der Waals surface area contributed by atoms with Crippen molar-refractivity contribution in [2.45, 2.75) is 20.0 Å². The third kappa shape index (κ3) is 8.79. The van der Waals surface area contributed by atoms with E-state index in [1.54, 1.807) is 0 Å². The Morgan fingerprint density at radius 3 is 2.16 bits per heavy atom. The van der Waals surface area contributed by atoms with Gasteiger partial charge < -0.3 is 10.1 Å². The Hall–Kier alpha value is -2.12. The van der Waals surface area contributed by atoms with Crippen LogP contribution in [0.5, 0.6) is 11.5 Å². The molecule has 0 heterocycles. The molecule has 0 saturated carbocycles. The molecule has 0 unspecified atom stereocenters. The Morgan fingerprint density at radius 1 is 1.09 bits per heavy atom. The van der Waals surface area contributed by atoms with Gasteiger partial charge in [-0.1, -0.05) is 37.0 Å². The number of carbonyl (C=O) groups excluding carboxylic acids is 1. The van der Waals surface area contributed by atoms with Crippen molar-refractivity contribution in [1.82, 2.24) is 10.0 Å². The number of alkyl halides is 3. The molecule has 4 N–H and O–H groups in total. The molecular weight excluding hydrogens is 501 g/mol. The number of benzene rings is 2. The lowest BCUT2D eigenvalue weighted by Gasteiger charge is -2.13. The lowest BCUT2D eigenvalue weighted by molar-refractivity contribution is -0.137. The number of rotatable bonds is 6. The first-order valence-electron chi connectivity index (χ1n) is 8.78. The minimum Gasteiger partial charge on any atom is -0.456 e. The molecule has 2 aromatic carbocycles. The molecule has 0 aliphatic heterocycles. The lowest BCUT2D eigenvalue weighted by Crippen LogP contribution is -2.36. The molecule has 32 heavy (non-hydrogen) atoms. The molecule has 0 aliphatic rings. The molecule has 0 bridgehead atoms. The van der Waals surface area contributed by atoms with Gasteiger partial charge in [0.2, 0.25) is 0 Å². The highest BCUT2D eigenvalue weighted by molar-refractivity contribution is 7.87. The lowest BCUT2D eigenvalue weighted by atomic mass is 10.2. The second-order valence-electron chi connectivity index (χ2n) is 5.94. The highest BCUT2D eigenvalue weighted by atomic mass is 35.5. The van der Waals surface area contributed by atoms with Crippen molar-refractivity contribution in [1.29, 1.82) is 0 Å². The molecule has 7 nitrogen and oxygen atoms in total. The zero-order valence-corrected chi connectivity index (χ0v) is 19.0. The number of ether oxygens (including phenoxy) is 1. The van der Waals surface area contributed by atoms with Gasteiger partial charge in [0.15, 0.2) is 0 Å². The molecule has 14 heteroatoms. The van der Waals surface area contributed by atoms with E-state index >= 15 is 0 Å². The van der Waals surface area contributed by atoms with E-state index in [2.05, 4.69) is 24.3 Å². The maximum atomic E-state index is 14.1. The summed E-state index contributed by atoms with van der Waals surface area (Å²) < 4.78 is 80.7. The van der Waals surface area contributed by atoms with E-state index in [0.29, 0.717) is 12.1 Å². The molecule has 0 aromatic heterocycles. The number of amides is 1. The summed E-state index contributed by atoms with van der Waals surface area (Å²) in [5.74, 6) is -3.42. The van der Waals surface area contributed by atoms with Crippen LogP contribution in [0.2, 0.25) is 10.0 Å². The van der Waals surface area contributed by atoms with Gasteiger partial charge in [0.05, 0.1) is 21.2 Å². The number of halogens is 6. The molecule has 0 fully saturated rings. The Labute approximate surface area is 192 Å². The number of carbonyl (C=O) groups is 1. The summed E-state index contributed by atoms with van der Waals surface area (Å²) in [5.41, 5.74) is -1.95. The van der Waals surface area contributed by atoms with E-state index in [1.165, 1.54) is 4.72 Å². The minimum atomic E-state index is -4.75. The average Bonchev–Trinajstić information content (AvgIpc) is 2.64. The van der Waals surface area contributed by atoms with E-state index in [0.717, 1.165) is 31.3 Å². The minimum absolute atomic E-state index is 0.352. The molecule has 0 radical (unpaired) electrons. The van der Waals surface area contributed by atoms with Crippen molar-refractivity contribution < 1.29 is 35.5 Å². The van der Waals surface area contributed by atoms with E-state index < -0.39 is 50.0 Å². The molecule has 178 valence electrons. The molecular formula is C18H19Cl2F4N3O4S. The van der Waals surface area contributed by atoms with Crippen molar-refractivity contribution >= 4 is 39.3 Å². The van der Waals surface area contributed by atoms with Gasteiger partial charge in [-0.15, -0.1) is 0 Å². The van der Waals surface area contributed by atoms with Crippen molar-refractivity contribution in [3.8, 4) is 11.5 Å². The van der Waals surface area contributed by atoms with Crippen LogP contribution < -0.4 is 19.9 Å². The molecule has 2 rings (SSSR count). The topological polar surface area (TPSA) is 111 Å². The van der Waals surface area contributed by atoms with Crippen molar-refractivity contribution in [3.63, 3.8) is 0 Å². The molecule has 0 atom stereocenters. The summed E-state index contributed by atoms with van der Waals surface area (Å²) in [7, 11) is -4.44. The van der Waals surface area contributed by atoms with Gasteiger partial charge >= 0.3 is 6.18 Å². The molecule has 1 amide bonds. The van der Waals surface area contributed by atoms with Crippen LogP contribution in [0.25, 0.3) is 0 Å². The van der Waals surface area contributed by atoms with Crippen LogP contribution in [-0.4, -0.2) is 27.4 Å². The van der Waals surface area contributed by atoms with Gasteiger partial charge in [-0.25, -0.2) is 14.3 Å². The standard InChI is InChI=1S/C14H8Cl2F4N2O4S.C4H11N/c15-9-2-1-6(3-8(9)14(18,19)20)26-12-5-11(17)7(4-10(12)16)13(23)22-27(21,24)25;1-3-5-4-2/h1-5H,(H,22,23)(H2,21,24,25);5H,3-4H2,1-2H3. The summed E-state index contributed by atoms with van der Waals surface area (Å²) in [6.07, 6.45) is -4.75. The summed E-state index contributed by atoms with van der Waals surface area (Å²) in [6, 6.07) is 3.93. The van der Waals surface area contributed by atoms with E-state index in [1.807, 2.05) is 0 Å². The van der Waals surface area contributed by atoms with Crippen molar-refractivity contribution in [2.24, 2.45) is 5.14 Å². The predicted octanol–water partition coefficient (Wildman–Crippen LogP) is 4.49. The van der Waals surface area contributed by atoms with Crippen LogP contribution in [0, 0.1) is 5.82 Å². The first-order valence-corrected chi connectivity index (χ1v) is 11.1. The second-order valence-corrected chi connectivity index (χ2v) is 8.05. The monoisotopic (exact) mass is 519 g/mol. The van der Waals surface area contributed by atoms with Crippen LogP contribution in [0.1, 0.15) is 29.8 Å². The zero-order valence-electron chi connectivity index (χ0n) is 16.7. The smallest absolute Gasteiger partial charge is 0.417 e. The first kappa shape index (κ1) is 27.9. The highest BCUT2D eigenvalue weighted by Crippen LogP contribution is 2.39. The Bertz CT molecular complexity index is 1060. The summed E-state index contributed by atoms with van der Waals surface area (Å²) in [6.45, 7) is 6.39. The summed E-state index contributed by atoms with van der Waals surface area (Å²) >= 11 is 11.3. The van der Waals surface area contributed by atoms with Gasteiger partial charge in [0.25, 0.3) is 16.1 Å². The van der Waals surface area contributed by atoms with Gasteiger partial charge in [-0.05, 0) is 37.4 Å². The Balaban J connectivity index is 0.000000920. The van der Waals surface area contributed by atoms with E-state index in [-0.39, 0.29) is 10.8 Å². The Morgan fingerprint density at radius 2 is 1.69 bits per heavy atom. The summed E-state index contributed by atoms with van der Waals surface area (Å²) in [5, 5.41) is 6.78. The number of nitrogens with two attached hydrogens (primary N) is 1.